The van der Waals surface area contributed by atoms with Crippen molar-refractivity contribution in [3.05, 3.63) is 29.8 Å². The van der Waals surface area contributed by atoms with Crippen molar-refractivity contribution in [2.45, 2.75) is 45.6 Å². The average molecular weight is 232 g/mol. The lowest BCUT2D eigenvalue weighted by Gasteiger charge is -2.34. The van der Waals surface area contributed by atoms with Gasteiger partial charge in [0.1, 0.15) is 12.0 Å². The molecule has 0 amide bonds. The third kappa shape index (κ3) is 3.32. The third-order valence-electron chi connectivity index (χ3n) is 3.61. The minimum absolute atomic E-state index is 0.338. The normalized spacial score (nSPS) is 19.9. The van der Waals surface area contributed by atoms with E-state index in [0.29, 0.717) is 17.1 Å². The van der Waals surface area contributed by atoms with Gasteiger partial charge in [-0.15, -0.1) is 0 Å². The molecule has 0 aliphatic heterocycles. The number of aldehydes is 1. The van der Waals surface area contributed by atoms with Crippen LogP contribution in [-0.2, 0) is 0 Å². The van der Waals surface area contributed by atoms with Crippen LogP contribution in [0.25, 0.3) is 0 Å². The van der Waals surface area contributed by atoms with Crippen molar-refractivity contribution in [2.75, 3.05) is 0 Å². The van der Waals surface area contributed by atoms with Gasteiger partial charge < -0.3 is 4.74 Å². The molecule has 0 unspecified atom stereocenters. The van der Waals surface area contributed by atoms with Crippen LogP contribution in [0.1, 0.15) is 49.9 Å². The predicted molar refractivity (Wildman–Crippen MR) is 68.5 cm³/mol. The van der Waals surface area contributed by atoms with Gasteiger partial charge in [0, 0.05) is 5.56 Å². The Bertz CT molecular complexity index is 368. The maximum atomic E-state index is 10.5. The number of carbonyl (C=O) groups is 1. The van der Waals surface area contributed by atoms with Gasteiger partial charge in [0.25, 0.3) is 0 Å². The Kier molecular flexibility index (Phi) is 3.51. The van der Waals surface area contributed by atoms with E-state index in [1.807, 2.05) is 12.1 Å². The van der Waals surface area contributed by atoms with E-state index in [1.165, 1.54) is 12.8 Å². The van der Waals surface area contributed by atoms with E-state index in [1.54, 1.807) is 12.1 Å². The van der Waals surface area contributed by atoms with Crippen LogP contribution in [0.3, 0.4) is 0 Å². The lowest BCUT2D eigenvalue weighted by atomic mass is 9.76. The largest absolute Gasteiger partial charge is 0.490 e. The van der Waals surface area contributed by atoms with Crippen LogP contribution < -0.4 is 4.74 Å². The summed E-state index contributed by atoms with van der Waals surface area (Å²) >= 11 is 0. The van der Waals surface area contributed by atoms with Crippen molar-refractivity contribution in [1.82, 2.24) is 0 Å². The molecule has 1 aromatic carbocycles. The predicted octanol–water partition coefficient (Wildman–Crippen LogP) is 3.85. The zero-order valence-corrected chi connectivity index (χ0v) is 10.6. The minimum Gasteiger partial charge on any atom is -0.490 e. The zero-order chi connectivity index (χ0) is 12.3. The quantitative estimate of drug-likeness (QED) is 0.740. The molecule has 1 aliphatic rings. The number of hydrogen-bond donors (Lipinski definition) is 0. The molecular weight excluding hydrogens is 212 g/mol. The van der Waals surface area contributed by atoms with E-state index >= 15 is 0 Å². The Balaban J connectivity index is 1.91. The highest BCUT2D eigenvalue weighted by molar-refractivity contribution is 5.74. The first kappa shape index (κ1) is 12.2. The Labute approximate surface area is 103 Å². The summed E-state index contributed by atoms with van der Waals surface area (Å²) in [6, 6.07) is 7.36. The summed E-state index contributed by atoms with van der Waals surface area (Å²) < 4.78 is 5.93. The second-order valence-corrected chi connectivity index (χ2v) is 5.67. The maximum Gasteiger partial charge on any atom is 0.150 e. The average Bonchev–Trinajstić information content (AvgIpc) is 2.33. The van der Waals surface area contributed by atoms with Crippen LogP contribution in [0.15, 0.2) is 24.3 Å². The van der Waals surface area contributed by atoms with E-state index in [4.69, 9.17) is 4.74 Å². The van der Waals surface area contributed by atoms with Crippen molar-refractivity contribution in [3.8, 4) is 5.75 Å². The highest BCUT2D eigenvalue weighted by atomic mass is 16.5. The van der Waals surface area contributed by atoms with E-state index in [2.05, 4.69) is 13.8 Å². The van der Waals surface area contributed by atoms with Gasteiger partial charge in [-0.05, 0) is 55.4 Å². The fraction of sp³-hybridized carbons (Fsp3) is 0.533. The highest BCUT2D eigenvalue weighted by Crippen LogP contribution is 2.36. The fourth-order valence-electron chi connectivity index (χ4n) is 2.31. The number of rotatable bonds is 3. The van der Waals surface area contributed by atoms with Gasteiger partial charge in [0.05, 0.1) is 6.10 Å². The van der Waals surface area contributed by atoms with Crippen LogP contribution in [0, 0.1) is 5.41 Å². The standard InChI is InChI=1S/C15H20O2/c1-15(2)9-7-14(8-10-15)17-13-5-3-12(11-16)4-6-13/h3-6,11,14H,7-10H2,1-2H3. The second kappa shape index (κ2) is 4.91. The minimum atomic E-state index is 0.338. The number of hydrogen-bond acceptors (Lipinski definition) is 2. The molecule has 2 rings (SSSR count). The van der Waals surface area contributed by atoms with Gasteiger partial charge >= 0.3 is 0 Å². The molecule has 17 heavy (non-hydrogen) atoms. The molecule has 0 atom stereocenters. The molecule has 0 radical (unpaired) electrons. The van der Waals surface area contributed by atoms with Gasteiger partial charge in [-0.3, -0.25) is 4.79 Å². The summed E-state index contributed by atoms with van der Waals surface area (Å²) in [5.74, 6) is 0.875. The van der Waals surface area contributed by atoms with Gasteiger partial charge in [0.15, 0.2) is 0 Å². The van der Waals surface area contributed by atoms with Crippen LogP contribution in [0.4, 0.5) is 0 Å². The van der Waals surface area contributed by atoms with E-state index < -0.39 is 0 Å². The monoisotopic (exact) mass is 232 g/mol. The first-order valence-corrected chi connectivity index (χ1v) is 6.31. The summed E-state index contributed by atoms with van der Waals surface area (Å²) in [5.41, 5.74) is 1.17. The molecule has 0 saturated heterocycles. The molecule has 0 heterocycles. The number of benzene rings is 1. The van der Waals surface area contributed by atoms with Crippen LogP contribution >= 0.6 is 0 Å². The maximum absolute atomic E-state index is 10.5. The Hall–Kier alpha value is -1.31. The first-order chi connectivity index (χ1) is 8.09. The third-order valence-corrected chi connectivity index (χ3v) is 3.61. The van der Waals surface area contributed by atoms with Crippen molar-refractivity contribution in [1.29, 1.82) is 0 Å². The Morgan fingerprint density at radius 1 is 1.18 bits per heavy atom. The highest BCUT2D eigenvalue weighted by Gasteiger charge is 2.27. The van der Waals surface area contributed by atoms with Crippen molar-refractivity contribution < 1.29 is 9.53 Å². The molecule has 1 saturated carbocycles. The molecule has 0 aromatic heterocycles. The summed E-state index contributed by atoms with van der Waals surface area (Å²) in [4.78, 5) is 10.5. The van der Waals surface area contributed by atoms with E-state index in [-0.39, 0.29) is 0 Å². The van der Waals surface area contributed by atoms with E-state index in [0.717, 1.165) is 24.9 Å². The molecule has 2 nitrogen and oxygen atoms in total. The second-order valence-electron chi connectivity index (χ2n) is 5.67. The first-order valence-electron chi connectivity index (χ1n) is 6.31. The molecule has 2 heteroatoms. The number of ether oxygens (including phenoxy) is 1. The molecule has 0 N–H and O–H groups in total. The van der Waals surface area contributed by atoms with Crippen molar-refractivity contribution in [3.63, 3.8) is 0 Å². The number of carbonyl (C=O) groups excluding carboxylic acids is 1. The fourth-order valence-corrected chi connectivity index (χ4v) is 2.31. The summed E-state index contributed by atoms with van der Waals surface area (Å²) in [6.45, 7) is 4.64. The zero-order valence-electron chi connectivity index (χ0n) is 10.6. The summed E-state index contributed by atoms with van der Waals surface area (Å²) in [6.07, 6.45) is 5.90. The SMILES string of the molecule is CC1(C)CCC(Oc2ccc(C=O)cc2)CC1. The van der Waals surface area contributed by atoms with Gasteiger partial charge in [-0.1, -0.05) is 13.8 Å². The van der Waals surface area contributed by atoms with Gasteiger partial charge in [-0.2, -0.15) is 0 Å². The Morgan fingerprint density at radius 3 is 2.29 bits per heavy atom. The molecule has 0 spiro atoms. The summed E-state index contributed by atoms with van der Waals surface area (Å²) in [7, 11) is 0. The van der Waals surface area contributed by atoms with Gasteiger partial charge in [0.2, 0.25) is 0 Å². The lowest BCUT2D eigenvalue weighted by molar-refractivity contribution is 0.0987. The molecule has 92 valence electrons. The van der Waals surface area contributed by atoms with Gasteiger partial charge in [-0.25, -0.2) is 0 Å². The van der Waals surface area contributed by atoms with Crippen molar-refractivity contribution >= 4 is 6.29 Å². The molecular formula is C15H20O2. The summed E-state index contributed by atoms with van der Waals surface area (Å²) in [5, 5.41) is 0. The van der Waals surface area contributed by atoms with Crippen molar-refractivity contribution in [2.24, 2.45) is 5.41 Å². The van der Waals surface area contributed by atoms with Crippen LogP contribution in [-0.4, -0.2) is 12.4 Å². The Morgan fingerprint density at radius 2 is 1.76 bits per heavy atom. The molecule has 1 aliphatic carbocycles. The molecule has 1 aromatic rings. The van der Waals surface area contributed by atoms with Crippen LogP contribution in [0.5, 0.6) is 5.75 Å². The van der Waals surface area contributed by atoms with Crippen LogP contribution in [0.2, 0.25) is 0 Å². The topological polar surface area (TPSA) is 26.3 Å². The smallest absolute Gasteiger partial charge is 0.150 e. The lowest BCUT2D eigenvalue weighted by Crippen LogP contribution is -2.28. The molecule has 0 bridgehead atoms. The molecule has 1 fully saturated rings. The van der Waals surface area contributed by atoms with E-state index in [9.17, 15) is 4.79 Å².